The summed E-state index contributed by atoms with van der Waals surface area (Å²) < 4.78 is 35.1. The van der Waals surface area contributed by atoms with Crippen LogP contribution in [0.5, 0.6) is 0 Å². The van der Waals surface area contributed by atoms with Crippen LogP contribution in [-0.4, -0.2) is 45.5 Å². The zero-order valence-corrected chi connectivity index (χ0v) is 18.0. The molecule has 1 aromatic heterocycles. The summed E-state index contributed by atoms with van der Waals surface area (Å²) >= 11 is 1.60. The highest BCUT2D eigenvalue weighted by Gasteiger charge is 2.36. The molecule has 154 valence electrons. The normalized spacial score (nSPS) is 18.9. The van der Waals surface area contributed by atoms with Crippen molar-refractivity contribution >= 4 is 28.0 Å². The maximum Gasteiger partial charge on any atom is 0.274 e. The van der Waals surface area contributed by atoms with Gasteiger partial charge in [-0.1, -0.05) is 6.42 Å². The average Bonchev–Trinajstić information content (AvgIpc) is 2.65. The molecule has 2 rings (SSSR count). The Kier molecular flexibility index (Phi) is 7.86. The minimum absolute atomic E-state index is 0.327. The number of ether oxygens (including phenoxy) is 2. The minimum Gasteiger partial charge on any atom is -0.498 e. The molecule has 1 heterocycles. The van der Waals surface area contributed by atoms with Crippen LogP contribution in [0.4, 0.5) is 0 Å². The Hall–Kier alpha value is -1.64. The third kappa shape index (κ3) is 5.68. The van der Waals surface area contributed by atoms with Crippen LogP contribution in [0, 0.1) is 11.3 Å². The Labute approximate surface area is 170 Å². The molecular weight excluding hydrogens is 400 g/mol. The van der Waals surface area contributed by atoms with Gasteiger partial charge in [-0.25, -0.2) is 9.86 Å². The lowest BCUT2D eigenvalue weighted by molar-refractivity contribution is -0.00502. The summed E-state index contributed by atoms with van der Waals surface area (Å²) in [6.45, 7) is 2.28. The van der Waals surface area contributed by atoms with Crippen LogP contribution in [0.2, 0.25) is 0 Å². The Balaban J connectivity index is 2.07. The number of nitrogens with one attached hydrogen (secondary N) is 1. The monoisotopic (exact) mass is 426 g/mol. The number of nitriles is 1. The van der Waals surface area contributed by atoms with Crippen molar-refractivity contribution in [1.29, 1.82) is 5.26 Å². The van der Waals surface area contributed by atoms with Gasteiger partial charge in [0.15, 0.2) is 0 Å². The first-order chi connectivity index (χ1) is 13.2. The number of unbranched alkanes of at least 4 members (excludes halogenated alkanes) is 2. The second-order valence-electron chi connectivity index (χ2n) is 6.65. The van der Waals surface area contributed by atoms with Crippen LogP contribution < -0.4 is 9.86 Å². The predicted molar refractivity (Wildman–Crippen MR) is 109 cm³/mol. The van der Waals surface area contributed by atoms with Gasteiger partial charge in [-0.2, -0.15) is 13.7 Å². The van der Waals surface area contributed by atoms with Crippen molar-refractivity contribution < 1.29 is 17.9 Å². The fourth-order valence-electron chi connectivity index (χ4n) is 3.00. The zero-order chi connectivity index (χ0) is 20.8. The number of rotatable bonds is 10. The fourth-order valence-corrected chi connectivity index (χ4v) is 4.57. The number of nitrogens with two attached hydrogens (primary N) is 1. The molecule has 10 heteroatoms. The molecular formula is C18H26N4O4S2. The van der Waals surface area contributed by atoms with E-state index in [-0.39, 0.29) is 0 Å². The molecule has 0 amide bonds. The molecule has 0 radical (unpaired) electrons. The van der Waals surface area contributed by atoms with E-state index >= 15 is 0 Å². The van der Waals surface area contributed by atoms with Crippen LogP contribution in [0.15, 0.2) is 16.9 Å². The van der Waals surface area contributed by atoms with Crippen LogP contribution in [-0.2, 0) is 26.1 Å². The highest BCUT2D eigenvalue weighted by atomic mass is 32.2. The molecule has 1 aliphatic rings. The van der Waals surface area contributed by atoms with Crippen molar-refractivity contribution in [2.75, 3.05) is 26.5 Å². The van der Waals surface area contributed by atoms with Gasteiger partial charge < -0.3 is 9.47 Å². The summed E-state index contributed by atoms with van der Waals surface area (Å²) in [7, 11) is -0.376. The Morgan fingerprint density at radius 3 is 2.75 bits per heavy atom. The number of fused-ring (bicyclic) bond motifs is 1. The van der Waals surface area contributed by atoms with E-state index in [4.69, 9.17) is 14.6 Å². The molecule has 0 bridgehead atoms. The van der Waals surface area contributed by atoms with Gasteiger partial charge >= 0.3 is 0 Å². The second-order valence-corrected chi connectivity index (χ2v) is 9.13. The number of thioether (sulfide) groups is 1. The summed E-state index contributed by atoms with van der Waals surface area (Å²) in [5.74, 6) is 1.51. The van der Waals surface area contributed by atoms with Gasteiger partial charge in [0, 0.05) is 36.7 Å². The quantitative estimate of drug-likeness (QED) is 0.432. The summed E-state index contributed by atoms with van der Waals surface area (Å²) in [6, 6.07) is 2.22. The first-order valence-electron chi connectivity index (χ1n) is 8.87. The zero-order valence-electron chi connectivity index (χ0n) is 16.3. The third-order valence-corrected chi connectivity index (χ3v) is 6.44. The smallest absolute Gasteiger partial charge is 0.274 e. The number of hydrogen-bond acceptors (Lipinski definition) is 7. The van der Waals surface area contributed by atoms with E-state index in [1.54, 1.807) is 32.2 Å². The van der Waals surface area contributed by atoms with Crippen molar-refractivity contribution in [3.63, 3.8) is 0 Å². The maximum atomic E-state index is 10.8. The van der Waals surface area contributed by atoms with Crippen LogP contribution in [0.25, 0.3) is 6.08 Å². The van der Waals surface area contributed by atoms with Gasteiger partial charge in [0.25, 0.3) is 10.2 Å². The first-order valence-corrected chi connectivity index (χ1v) is 11.4. The van der Waals surface area contributed by atoms with Crippen LogP contribution in [0.3, 0.4) is 0 Å². The topological polar surface area (TPSA) is 127 Å². The van der Waals surface area contributed by atoms with Gasteiger partial charge in [-0.05, 0) is 31.6 Å². The van der Waals surface area contributed by atoms with E-state index in [0.717, 1.165) is 34.7 Å². The first kappa shape index (κ1) is 22.6. The number of nitrogens with zero attached hydrogens (tertiary/aromatic N) is 2. The molecule has 0 aromatic carbocycles. The van der Waals surface area contributed by atoms with Crippen molar-refractivity contribution in [2.45, 2.75) is 43.1 Å². The summed E-state index contributed by atoms with van der Waals surface area (Å²) in [5.41, 5.74) is 1.74. The molecule has 28 heavy (non-hydrogen) atoms. The SMILES string of the molecule is COC1=Cc2c(ncc(C#N)c2SCCCCCNS(N)(=O)=O)CC1(C)OC. The van der Waals surface area contributed by atoms with Crippen molar-refractivity contribution in [2.24, 2.45) is 5.14 Å². The number of aromatic nitrogens is 1. The number of hydrogen-bond donors (Lipinski definition) is 2. The Bertz CT molecular complexity index is 880. The lowest BCUT2D eigenvalue weighted by Crippen LogP contribution is -2.36. The lowest BCUT2D eigenvalue weighted by Gasteiger charge is -2.33. The number of methoxy groups -OCH3 is 2. The van der Waals surface area contributed by atoms with Crippen LogP contribution >= 0.6 is 11.8 Å². The molecule has 0 aliphatic heterocycles. The average molecular weight is 427 g/mol. The van der Waals surface area contributed by atoms with Gasteiger partial charge in [0.05, 0.1) is 18.4 Å². The van der Waals surface area contributed by atoms with E-state index in [2.05, 4.69) is 15.8 Å². The third-order valence-electron chi connectivity index (χ3n) is 4.61. The largest absolute Gasteiger partial charge is 0.498 e. The minimum atomic E-state index is -3.63. The van der Waals surface area contributed by atoms with E-state index < -0.39 is 15.8 Å². The van der Waals surface area contributed by atoms with Crippen molar-refractivity contribution in [1.82, 2.24) is 9.71 Å². The van der Waals surface area contributed by atoms with Gasteiger partial charge in [0.2, 0.25) is 0 Å². The molecule has 1 atom stereocenters. The summed E-state index contributed by atoms with van der Waals surface area (Å²) in [6.07, 6.45) is 6.53. The fraction of sp³-hybridized carbons (Fsp3) is 0.556. The molecule has 0 saturated carbocycles. The van der Waals surface area contributed by atoms with E-state index in [9.17, 15) is 13.7 Å². The lowest BCUT2D eigenvalue weighted by atomic mass is 9.88. The van der Waals surface area contributed by atoms with E-state index in [1.165, 1.54) is 0 Å². The molecule has 1 aromatic rings. The molecule has 8 nitrogen and oxygen atoms in total. The van der Waals surface area contributed by atoms with Gasteiger partial charge in [-0.3, -0.25) is 4.98 Å². The molecule has 1 unspecified atom stereocenters. The molecule has 0 saturated heterocycles. The van der Waals surface area contributed by atoms with Gasteiger partial charge in [-0.15, -0.1) is 11.8 Å². The van der Waals surface area contributed by atoms with Crippen molar-refractivity contribution in [3.8, 4) is 6.07 Å². The summed E-state index contributed by atoms with van der Waals surface area (Å²) in [5, 5.41) is 14.4. The molecule has 0 fully saturated rings. The Morgan fingerprint density at radius 2 is 2.14 bits per heavy atom. The standard InChI is InChI=1S/C18H26N4O4S2/c1-18(26-3)10-15-14(9-16(18)25-2)17(13(11-19)12-21-15)27-8-6-4-5-7-22-28(20,23)24/h9,12,22H,4-8,10H2,1-3H3,(H2,20,23,24). The van der Waals surface area contributed by atoms with Crippen molar-refractivity contribution in [3.05, 3.63) is 28.8 Å². The second kappa shape index (κ2) is 9.71. The van der Waals surface area contributed by atoms with E-state index in [1.807, 2.05) is 13.0 Å². The van der Waals surface area contributed by atoms with Crippen LogP contribution in [0.1, 0.15) is 43.0 Å². The highest BCUT2D eigenvalue weighted by molar-refractivity contribution is 7.99. The molecule has 3 N–H and O–H groups in total. The molecule has 0 spiro atoms. The highest BCUT2D eigenvalue weighted by Crippen LogP contribution is 2.39. The van der Waals surface area contributed by atoms with Gasteiger partial charge in [0.1, 0.15) is 17.4 Å². The number of pyridine rings is 1. The maximum absolute atomic E-state index is 10.8. The summed E-state index contributed by atoms with van der Waals surface area (Å²) in [4.78, 5) is 5.35. The Morgan fingerprint density at radius 1 is 1.39 bits per heavy atom. The predicted octanol–water partition coefficient (Wildman–Crippen LogP) is 1.96. The molecule has 1 aliphatic carbocycles. The van der Waals surface area contributed by atoms with E-state index in [0.29, 0.717) is 30.7 Å².